The van der Waals surface area contributed by atoms with Crippen LogP contribution < -0.4 is 4.90 Å². The van der Waals surface area contributed by atoms with E-state index in [2.05, 4.69) is 62.9 Å². The van der Waals surface area contributed by atoms with Crippen LogP contribution in [-0.2, 0) is 15.6 Å². The summed E-state index contributed by atoms with van der Waals surface area (Å²) in [6.07, 6.45) is 10.1. The molecule has 1 aromatic rings. The minimum absolute atomic E-state index is 0.149. The maximum absolute atomic E-state index is 9.26. The SMILES string of the molecule is CC1=CC(C(C#N)C#N)C=C(/C=C/c2cc3c4c(c2)C(C)(C)CCN4CCC3(C)C)O1. The summed E-state index contributed by atoms with van der Waals surface area (Å²) in [7, 11) is 0. The van der Waals surface area contributed by atoms with Gasteiger partial charge >= 0.3 is 0 Å². The molecule has 3 aliphatic heterocycles. The van der Waals surface area contributed by atoms with E-state index in [0.29, 0.717) is 5.76 Å². The molecule has 0 spiro atoms. The van der Waals surface area contributed by atoms with Crippen molar-refractivity contribution < 1.29 is 4.74 Å². The summed E-state index contributed by atoms with van der Waals surface area (Å²) >= 11 is 0. The number of benzene rings is 1. The fourth-order valence-corrected chi connectivity index (χ4v) is 4.98. The molecule has 0 saturated heterocycles. The van der Waals surface area contributed by atoms with Gasteiger partial charge in [-0.3, -0.25) is 0 Å². The van der Waals surface area contributed by atoms with Gasteiger partial charge in [0.2, 0.25) is 0 Å². The van der Waals surface area contributed by atoms with E-state index in [4.69, 9.17) is 4.74 Å². The van der Waals surface area contributed by atoms with Crippen LogP contribution in [0.1, 0.15) is 64.2 Å². The smallest absolute Gasteiger partial charge is 0.143 e. The van der Waals surface area contributed by atoms with Crippen molar-refractivity contribution in [3.05, 3.63) is 58.6 Å². The first-order valence-corrected chi connectivity index (χ1v) is 11.1. The zero-order chi connectivity index (χ0) is 22.4. The van der Waals surface area contributed by atoms with Crippen molar-refractivity contribution in [3.8, 4) is 12.1 Å². The molecule has 0 saturated carbocycles. The van der Waals surface area contributed by atoms with Crippen LogP contribution in [0.4, 0.5) is 5.69 Å². The summed E-state index contributed by atoms with van der Waals surface area (Å²) in [5.41, 5.74) is 5.78. The maximum atomic E-state index is 9.26. The quantitative estimate of drug-likeness (QED) is 0.613. The number of rotatable bonds is 3. The monoisotopic (exact) mass is 413 g/mol. The summed E-state index contributed by atoms with van der Waals surface area (Å²) in [4.78, 5) is 2.57. The molecular weight excluding hydrogens is 382 g/mol. The van der Waals surface area contributed by atoms with Crippen molar-refractivity contribution in [2.24, 2.45) is 11.8 Å². The average molecular weight is 414 g/mol. The number of hydrogen-bond acceptors (Lipinski definition) is 4. The van der Waals surface area contributed by atoms with Gasteiger partial charge in [-0.05, 0) is 77.6 Å². The molecule has 1 aromatic carbocycles. The summed E-state index contributed by atoms with van der Waals surface area (Å²) in [6.45, 7) is 13.5. The van der Waals surface area contributed by atoms with Gasteiger partial charge in [-0.25, -0.2) is 0 Å². The fraction of sp³-hybridized carbons (Fsp3) is 0.481. The Kier molecular flexibility index (Phi) is 5.22. The first kappa shape index (κ1) is 21.3. The number of ether oxygens (including phenoxy) is 1. The number of allylic oxidation sites excluding steroid dienone is 4. The highest BCUT2D eigenvalue weighted by Crippen LogP contribution is 2.49. The van der Waals surface area contributed by atoms with Gasteiger partial charge in [0.25, 0.3) is 0 Å². The fourth-order valence-electron chi connectivity index (χ4n) is 4.98. The minimum atomic E-state index is -0.706. The molecule has 0 radical (unpaired) electrons. The second-order valence-electron chi connectivity index (χ2n) is 10.3. The average Bonchev–Trinajstić information content (AvgIpc) is 2.71. The third-order valence-corrected chi connectivity index (χ3v) is 7.09. The number of anilines is 1. The third kappa shape index (κ3) is 3.88. The van der Waals surface area contributed by atoms with Gasteiger partial charge in [-0.2, -0.15) is 10.5 Å². The van der Waals surface area contributed by atoms with E-state index in [-0.39, 0.29) is 16.7 Å². The lowest BCUT2D eigenvalue weighted by Crippen LogP contribution is -2.44. The van der Waals surface area contributed by atoms with E-state index >= 15 is 0 Å². The molecule has 0 N–H and O–H groups in total. The topological polar surface area (TPSA) is 60.0 Å². The van der Waals surface area contributed by atoms with Crippen LogP contribution in [0.3, 0.4) is 0 Å². The Morgan fingerprint density at radius 2 is 1.58 bits per heavy atom. The van der Waals surface area contributed by atoms with Crippen LogP contribution >= 0.6 is 0 Å². The normalized spacial score (nSPS) is 23.4. The molecule has 0 amide bonds. The van der Waals surface area contributed by atoms with Gasteiger partial charge in [-0.1, -0.05) is 33.8 Å². The Labute approximate surface area is 186 Å². The lowest BCUT2D eigenvalue weighted by atomic mass is 9.69. The molecule has 3 aliphatic rings. The highest BCUT2D eigenvalue weighted by molar-refractivity contribution is 5.72. The molecule has 1 atom stereocenters. The summed E-state index contributed by atoms with van der Waals surface area (Å²) in [5, 5.41) is 18.5. The number of hydrogen-bond donors (Lipinski definition) is 0. The number of nitriles is 2. The van der Waals surface area contributed by atoms with Crippen molar-refractivity contribution in [1.82, 2.24) is 0 Å². The van der Waals surface area contributed by atoms with Gasteiger partial charge in [0.05, 0.1) is 17.9 Å². The lowest BCUT2D eigenvalue weighted by molar-refractivity contribution is 0.302. The van der Waals surface area contributed by atoms with Crippen molar-refractivity contribution in [2.75, 3.05) is 18.0 Å². The second kappa shape index (κ2) is 7.61. The number of nitrogens with zero attached hydrogens (tertiary/aromatic N) is 3. The lowest BCUT2D eigenvalue weighted by Gasteiger charge is -2.48. The van der Waals surface area contributed by atoms with Crippen molar-refractivity contribution in [3.63, 3.8) is 0 Å². The predicted octanol–water partition coefficient (Wildman–Crippen LogP) is 5.97. The second-order valence-corrected chi connectivity index (χ2v) is 10.3. The van der Waals surface area contributed by atoms with Crippen LogP contribution in [0.5, 0.6) is 0 Å². The van der Waals surface area contributed by atoms with Crippen LogP contribution in [0.25, 0.3) is 6.08 Å². The van der Waals surface area contributed by atoms with Crippen molar-refractivity contribution >= 4 is 11.8 Å². The summed E-state index contributed by atoms with van der Waals surface area (Å²) in [6, 6.07) is 8.83. The standard InChI is InChI=1S/C27H31N3O/c1-18-12-20(21(16-28)17-29)15-22(31-18)7-6-19-13-23-25-24(14-19)27(4,5)9-11-30(25)10-8-26(23,2)3/h6-7,12-15,20-21H,8-11H2,1-5H3/b7-6+. The molecule has 0 bridgehead atoms. The first-order valence-electron chi connectivity index (χ1n) is 11.1. The van der Waals surface area contributed by atoms with Crippen LogP contribution in [0, 0.1) is 34.5 Å². The van der Waals surface area contributed by atoms with E-state index in [9.17, 15) is 10.5 Å². The Hall–Kier alpha value is -2.98. The molecule has 4 nitrogen and oxygen atoms in total. The van der Waals surface area contributed by atoms with Gasteiger partial charge in [0, 0.05) is 24.7 Å². The molecule has 0 aromatic heterocycles. The van der Waals surface area contributed by atoms with E-state index in [1.54, 1.807) is 0 Å². The summed E-state index contributed by atoms with van der Waals surface area (Å²) in [5.74, 6) is 0.454. The van der Waals surface area contributed by atoms with E-state index in [1.807, 2.05) is 25.2 Å². The van der Waals surface area contributed by atoms with Crippen LogP contribution in [0.15, 0.2) is 41.9 Å². The predicted molar refractivity (Wildman–Crippen MR) is 124 cm³/mol. The molecule has 4 rings (SSSR count). The molecule has 31 heavy (non-hydrogen) atoms. The minimum Gasteiger partial charge on any atom is -0.463 e. The first-order chi connectivity index (χ1) is 14.6. The molecule has 4 heteroatoms. The third-order valence-electron chi connectivity index (χ3n) is 7.09. The molecule has 3 heterocycles. The molecule has 0 aliphatic carbocycles. The maximum Gasteiger partial charge on any atom is 0.143 e. The molecule has 0 fully saturated rings. The molecule has 160 valence electrons. The van der Waals surface area contributed by atoms with Gasteiger partial charge in [0.1, 0.15) is 11.7 Å². The van der Waals surface area contributed by atoms with Crippen LogP contribution in [0.2, 0.25) is 0 Å². The van der Waals surface area contributed by atoms with Gasteiger partial charge < -0.3 is 9.64 Å². The molecule has 1 unspecified atom stereocenters. The Bertz CT molecular complexity index is 1020. The molecular formula is C27H31N3O. The van der Waals surface area contributed by atoms with Gasteiger partial charge in [0.15, 0.2) is 0 Å². The van der Waals surface area contributed by atoms with E-state index < -0.39 is 5.92 Å². The van der Waals surface area contributed by atoms with Crippen LogP contribution in [-0.4, -0.2) is 13.1 Å². The Balaban J connectivity index is 1.73. The highest BCUT2D eigenvalue weighted by Gasteiger charge is 2.39. The Morgan fingerprint density at radius 3 is 2.13 bits per heavy atom. The Morgan fingerprint density at radius 1 is 1.00 bits per heavy atom. The van der Waals surface area contributed by atoms with Gasteiger partial charge in [-0.15, -0.1) is 0 Å². The zero-order valence-electron chi connectivity index (χ0n) is 19.2. The van der Waals surface area contributed by atoms with Crippen molar-refractivity contribution in [2.45, 2.75) is 58.3 Å². The highest BCUT2D eigenvalue weighted by atomic mass is 16.5. The van der Waals surface area contributed by atoms with Crippen molar-refractivity contribution in [1.29, 1.82) is 10.5 Å². The van der Waals surface area contributed by atoms with E-state index in [0.717, 1.165) is 31.7 Å². The zero-order valence-corrected chi connectivity index (χ0v) is 19.2. The largest absolute Gasteiger partial charge is 0.463 e. The summed E-state index contributed by atoms with van der Waals surface area (Å²) < 4.78 is 5.87. The van der Waals surface area contributed by atoms with E-state index in [1.165, 1.54) is 22.4 Å².